The molecule has 49 heavy (non-hydrogen) atoms. The minimum absolute atomic E-state index is 0.0200. The highest BCUT2D eigenvalue weighted by atomic mass is 16.5. The van der Waals surface area contributed by atoms with Crippen molar-refractivity contribution in [2.45, 2.75) is 110 Å². The van der Waals surface area contributed by atoms with Gasteiger partial charge in [0.15, 0.2) is 0 Å². The van der Waals surface area contributed by atoms with Crippen LogP contribution in [-0.2, 0) is 5.41 Å². The van der Waals surface area contributed by atoms with Crippen molar-refractivity contribution in [1.29, 1.82) is 0 Å². The predicted molar refractivity (Wildman–Crippen MR) is 204 cm³/mol. The van der Waals surface area contributed by atoms with Gasteiger partial charge in [-0.05, 0) is 105 Å². The average Bonchev–Trinajstić information content (AvgIpc) is 3.45. The van der Waals surface area contributed by atoms with Crippen LogP contribution in [0.15, 0.2) is 72.8 Å². The van der Waals surface area contributed by atoms with E-state index in [0.717, 1.165) is 37.2 Å². The average molecular weight is 663 g/mol. The molecule has 5 rings (SSSR count). The summed E-state index contributed by atoms with van der Waals surface area (Å²) in [6.07, 6.45) is 3.91. The van der Waals surface area contributed by atoms with E-state index in [2.05, 4.69) is 128 Å². The van der Waals surface area contributed by atoms with E-state index in [1.165, 1.54) is 55.6 Å². The zero-order chi connectivity index (χ0) is 35.3. The normalized spacial score (nSPS) is 15.6. The van der Waals surface area contributed by atoms with Crippen molar-refractivity contribution in [3.05, 3.63) is 117 Å². The molecule has 1 aliphatic rings. The summed E-state index contributed by atoms with van der Waals surface area (Å²) >= 11 is 0. The van der Waals surface area contributed by atoms with Crippen LogP contribution in [-0.4, -0.2) is 36.6 Å². The molecule has 4 unspecified atom stereocenters. The van der Waals surface area contributed by atoms with Crippen molar-refractivity contribution in [2.24, 2.45) is 0 Å². The summed E-state index contributed by atoms with van der Waals surface area (Å²) in [5.74, 6) is 2.93. The molecular weight excluding hydrogens is 604 g/mol. The Morgan fingerprint density at radius 2 is 0.816 bits per heavy atom. The fourth-order valence-electron chi connectivity index (χ4n) is 7.78. The van der Waals surface area contributed by atoms with Gasteiger partial charge in [-0.2, -0.15) is 0 Å². The van der Waals surface area contributed by atoms with Gasteiger partial charge < -0.3 is 19.7 Å². The smallest absolute Gasteiger partial charge is 0.126 e. The highest BCUT2D eigenvalue weighted by Crippen LogP contribution is 2.58. The van der Waals surface area contributed by atoms with Crippen molar-refractivity contribution < 1.29 is 19.7 Å². The van der Waals surface area contributed by atoms with Gasteiger partial charge in [0.2, 0.25) is 0 Å². The number of aliphatic hydroxyl groups is 2. The van der Waals surface area contributed by atoms with Crippen LogP contribution < -0.4 is 9.47 Å². The first kappa shape index (κ1) is 36.7. The summed E-state index contributed by atoms with van der Waals surface area (Å²) in [5, 5.41) is 19.7. The van der Waals surface area contributed by atoms with Gasteiger partial charge in [-0.1, -0.05) is 128 Å². The van der Waals surface area contributed by atoms with Crippen molar-refractivity contribution in [2.75, 3.05) is 26.4 Å². The fraction of sp³-hybridized carbons (Fsp3) is 0.467. The number of hydrogen-bond donors (Lipinski definition) is 2. The molecule has 0 fully saturated rings. The molecule has 0 saturated carbocycles. The Morgan fingerprint density at radius 3 is 1.10 bits per heavy atom. The monoisotopic (exact) mass is 662 g/mol. The van der Waals surface area contributed by atoms with E-state index in [9.17, 15) is 10.2 Å². The maximum absolute atomic E-state index is 9.85. The molecule has 4 aromatic rings. The number of hydrogen-bond acceptors (Lipinski definition) is 4. The molecule has 0 heterocycles. The molecule has 0 saturated heterocycles. The Balaban J connectivity index is 2.01. The molecule has 0 radical (unpaired) electrons. The quantitative estimate of drug-likeness (QED) is 0.110. The SMILES string of the molecule is CCC(C)c1cc(C2(c3cc(C(C)CC)c(OCCO)c(C(C)CC)c3)c3ccccc3-c3ccccc32)cc(C(C)CC)c1OCCO. The van der Waals surface area contributed by atoms with E-state index in [0.29, 0.717) is 0 Å². The number of aliphatic hydroxyl groups excluding tert-OH is 2. The second kappa shape index (κ2) is 16.0. The standard InChI is InChI=1S/C45H58O4/c1-9-29(5)37-25-33(26-38(30(6)10-2)43(37)48-23-21-46)45(41-19-15-13-17-35(41)36-18-14-16-20-42(36)45)34-27-39(31(7)11-3)44(49-24-22-47)40(28-34)32(8)12-4/h13-20,25-32,46-47H,9-12,21-24H2,1-8H3. The first-order chi connectivity index (χ1) is 23.7. The molecule has 4 aromatic carbocycles. The lowest BCUT2D eigenvalue weighted by molar-refractivity contribution is 0.198. The van der Waals surface area contributed by atoms with Gasteiger partial charge in [0.1, 0.15) is 24.7 Å². The van der Waals surface area contributed by atoms with Crippen LogP contribution in [0.4, 0.5) is 0 Å². The molecule has 0 bridgehead atoms. The van der Waals surface area contributed by atoms with E-state index in [-0.39, 0.29) is 50.1 Å². The van der Waals surface area contributed by atoms with Crippen LogP contribution in [0.1, 0.15) is 149 Å². The zero-order valence-corrected chi connectivity index (χ0v) is 31.1. The molecule has 4 heteroatoms. The molecule has 0 aromatic heterocycles. The van der Waals surface area contributed by atoms with Crippen molar-refractivity contribution in [3.8, 4) is 22.6 Å². The minimum Gasteiger partial charge on any atom is -0.491 e. The molecule has 0 aliphatic heterocycles. The summed E-state index contributed by atoms with van der Waals surface area (Å²) in [6, 6.07) is 27.6. The Kier molecular flexibility index (Phi) is 11.9. The molecule has 2 N–H and O–H groups in total. The summed E-state index contributed by atoms with van der Waals surface area (Å²) < 4.78 is 12.9. The van der Waals surface area contributed by atoms with Crippen molar-refractivity contribution in [3.63, 3.8) is 0 Å². The van der Waals surface area contributed by atoms with Gasteiger partial charge in [0.25, 0.3) is 0 Å². The van der Waals surface area contributed by atoms with Gasteiger partial charge >= 0.3 is 0 Å². The third-order valence-electron chi connectivity index (χ3n) is 11.4. The van der Waals surface area contributed by atoms with Crippen molar-refractivity contribution in [1.82, 2.24) is 0 Å². The second-order valence-corrected chi connectivity index (χ2v) is 14.2. The largest absolute Gasteiger partial charge is 0.491 e. The number of rotatable bonds is 16. The summed E-state index contributed by atoms with van der Waals surface area (Å²) in [7, 11) is 0. The fourth-order valence-corrected chi connectivity index (χ4v) is 7.78. The number of ether oxygens (including phenoxy) is 2. The van der Waals surface area contributed by atoms with Gasteiger partial charge in [0.05, 0.1) is 18.6 Å². The predicted octanol–water partition coefficient (Wildman–Crippen LogP) is 10.8. The van der Waals surface area contributed by atoms with Crippen LogP contribution in [0.2, 0.25) is 0 Å². The molecule has 4 atom stereocenters. The Bertz CT molecular complexity index is 1530. The van der Waals surface area contributed by atoms with Gasteiger partial charge in [-0.15, -0.1) is 0 Å². The van der Waals surface area contributed by atoms with Crippen LogP contribution >= 0.6 is 0 Å². The summed E-state index contributed by atoms with van der Waals surface area (Å²) in [6.45, 7) is 18.7. The maximum Gasteiger partial charge on any atom is 0.126 e. The minimum atomic E-state index is -0.590. The molecule has 0 spiro atoms. The third-order valence-corrected chi connectivity index (χ3v) is 11.4. The van der Waals surface area contributed by atoms with E-state index < -0.39 is 5.41 Å². The van der Waals surface area contributed by atoms with E-state index >= 15 is 0 Å². The first-order valence-corrected chi connectivity index (χ1v) is 18.8. The zero-order valence-electron chi connectivity index (χ0n) is 31.1. The second-order valence-electron chi connectivity index (χ2n) is 14.2. The summed E-state index contributed by atoms with van der Waals surface area (Å²) in [4.78, 5) is 0. The van der Waals surface area contributed by atoms with Gasteiger partial charge in [-0.3, -0.25) is 0 Å². The molecule has 1 aliphatic carbocycles. The summed E-state index contributed by atoms with van der Waals surface area (Å²) in [5.41, 5.74) is 11.9. The van der Waals surface area contributed by atoms with Crippen LogP contribution in [0.5, 0.6) is 11.5 Å². The van der Waals surface area contributed by atoms with Crippen LogP contribution in [0.25, 0.3) is 11.1 Å². The third kappa shape index (κ3) is 6.55. The molecule has 0 amide bonds. The van der Waals surface area contributed by atoms with E-state index in [1.54, 1.807) is 0 Å². The lowest BCUT2D eigenvalue weighted by atomic mass is 9.65. The van der Waals surface area contributed by atoms with E-state index in [1.807, 2.05) is 0 Å². The molecule has 4 nitrogen and oxygen atoms in total. The highest BCUT2D eigenvalue weighted by Gasteiger charge is 2.47. The lowest BCUT2D eigenvalue weighted by Gasteiger charge is -2.37. The van der Waals surface area contributed by atoms with Gasteiger partial charge in [-0.25, -0.2) is 0 Å². The van der Waals surface area contributed by atoms with Crippen molar-refractivity contribution >= 4 is 0 Å². The molecular formula is C45H58O4. The molecule has 262 valence electrons. The van der Waals surface area contributed by atoms with Crippen LogP contribution in [0, 0.1) is 0 Å². The van der Waals surface area contributed by atoms with Crippen LogP contribution in [0.3, 0.4) is 0 Å². The van der Waals surface area contributed by atoms with E-state index in [4.69, 9.17) is 9.47 Å². The Hall–Kier alpha value is -3.60. The number of benzene rings is 4. The first-order valence-electron chi connectivity index (χ1n) is 18.8. The maximum atomic E-state index is 9.85. The highest BCUT2D eigenvalue weighted by molar-refractivity contribution is 5.86. The Morgan fingerprint density at radius 1 is 0.510 bits per heavy atom. The van der Waals surface area contributed by atoms with Gasteiger partial charge in [0, 0.05) is 0 Å². The topological polar surface area (TPSA) is 58.9 Å². The lowest BCUT2D eigenvalue weighted by Crippen LogP contribution is -2.30. The number of fused-ring (bicyclic) bond motifs is 3. The Labute approximate surface area is 295 Å².